The third kappa shape index (κ3) is 5.30. The fourth-order valence-corrected chi connectivity index (χ4v) is 3.70. The van der Waals surface area contributed by atoms with Gasteiger partial charge in [0.25, 0.3) is 0 Å². The third-order valence-electron chi connectivity index (χ3n) is 2.47. The summed E-state index contributed by atoms with van der Waals surface area (Å²) in [6.45, 7) is 3.92. The molecule has 21 heavy (non-hydrogen) atoms. The molecule has 5 nitrogen and oxygen atoms in total. The number of nitrogens with one attached hydrogen (secondary N) is 1. The van der Waals surface area contributed by atoms with E-state index in [-0.39, 0.29) is 23.1 Å². The summed E-state index contributed by atoms with van der Waals surface area (Å²) >= 11 is 6.05. The molecule has 1 aromatic rings. The minimum Gasteiger partial charge on any atom is -0.383 e. The molecule has 7 heteroatoms. The van der Waals surface area contributed by atoms with Crippen LogP contribution in [-0.2, 0) is 14.8 Å². The minimum atomic E-state index is -3.74. The van der Waals surface area contributed by atoms with Gasteiger partial charge >= 0.3 is 0 Å². The van der Waals surface area contributed by atoms with Crippen LogP contribution in [-0.4, -0.2) is 34.2 Å². The molecule has 0 aliphatic carbocycles. The van der Waals surface area contributed by atoms with E-state index >= 15 is 0 Å². The maximum Gasteiger partial charge on any atom is 0.242 e. The second-order valence-electron chi connectivity index (χ2n) is 5.07. The Morgan fingerprint density at radius 3 is 2.62 bits per heavy atom. The van der Waals surface area contributed by atoms with Crippen molar-refractivity contribution in [3.8, 4) is 11.8 Å². The van der Waals surface area contributed by atoms with Gasteiger partial charge in [0.05, 0.1) is 23.7 Å². The molecule has 0 aromatic heterocycles. The van der Waals surface area contributed by atoms with Crippen LogP contribution < -0.4 is 10.5 Å². The van der Waals surface area contributed by atoms with Gasteiger partial charge in [-0.15, -0.1) is 0 Å². The molecule has 0 bridgehead atoms. The molecule has 0 spiro atoms. The minimum absolute atomic E-state index is 0.00615. The molecular formula is C14H19ClN2O3S. The van der Waals surface area contributed by atoms with Gasteiger partial charge in [-0.05, 0) is 32.0 Å². The zero-order chi connectivity index (χ0) is 16.1. The van der Waals surface area contributed by atoms with Crippen LogP contribution in [0.5, 0.6) is 0 Å². The molecular weight excluding hydrogens is 312 g/mol. The van der Waals surface area contributed by atoms with Crippen molar-refractivity contribution in [1.29, 1.82) is 0 Å². The zero-order valence-electron chi connectivity index (χ0n) is 12.2. The molecule has 0 saturated carbocycles. The second kappa shape index (κ2) is 7.25. The van der Waals surface area contributed by atoms with E-state index in [0.29, 0.717) is 5.56 Å². The Balaban J connectivity index is 3.10. The quantitative estimate of drug-likeness (QED) is 0.799. The average molecular weight is 331 g/mol. The molecule has 0 aliphatic rings. The first kappa shape index (κ1) is 18.0. The number of hydrogen-bond acceptors (Lipinski definition) is 4. The number of ether oxygens (including phenoxy) is 1. The van der Waals surface area contributed by atoms with E-state index in [9.17, 15) is 8.42 Å². The Hall–Kier alpha value is -1.10. The Morgan fingerprint density at radius 2 is 2.10 bits per heavy atom. The summed E-state index contributed by atoms with van der Waals surface area (Å²) in [4.78, 5) is 0.00615. The monoisotopic (exact) mass is 330 g/mol. The number of rotatable bonds is 5. The Morgan fingerprint density at radius 1 is 1.43 bits per heavy atom. The summed E-state index contributed by atoms with van der Waals surface area (Å²) in [6.07, 6.45) is 0. The van der Waals surface area contributed by atoms with Crippen molar-refractivity contribution in [2.24, 2.45) is 5.73 Å². The van der Waals surface area contributed by atoms with Gasteiger partial charge in [-0.25, -0.2) is 13.1 Å². The van der Waals surface area contributed by atoms with E-state index < -0.39 is 15.6 Å². The molecule has 3 N–H and O–H groups in total. The van der Waals surface area contributed by atoms with Crippen molar-refractivity contribution < 1.29 is 13.2 Å². The van der Waals surface area contributed by atoms with Gasteiger partial charge in [-0.1, -0.05) is 23.4 Å². The molecule has 0 fully saturated rings. The highest BCUT2D eigenvalue weighted by Gasteiger charge is 2.27. The van der Waals surface area contributed by atoms with Crippen LogP contribution in [0.15, 0.2) is 23.1 Å². The van der Waals surface area contributed by atoms with Gasteiger partial charge in [0.2, 0.25) is 10.0 Å². The van der Waals surface area contributed by atoms with Crippen LogP contribution in [0, 0.1) is 11.8 Å². The normalized spacial score (nSPS) is 11.9. The van der Waals surface area contributed by atoms with Crippen molar-refractivity contribution in [2.75, 3.05) is 20.3 Å². The zero-order valence-corrected chi connectivity index (χ0v) is 13.8. The highest BCUT2D eigenvalue weighted by Crippen LogP contribution is 2.23. The van der Waals surface area contributed by atoms with E-state index in [2.05, 4.69) is 16.6 Å². The predicted octanol–water partition coefficient (Wildman–Crippen LogP) is 1.35. The van der Waals surface area contributed by atoms with Crippen LogP contribution in [0.3, 0.4) is 0 Å². The molecule has 0 aliphatic heterocycles. The summed E-state index contributed by atoms with van der Waals surface area (Å²) in [6, 6.07) is 4.52. The lowest BCUT2D eigenvalue weighted by molar-refractivity contribution is 0.141. The van der Waals surface area contributed by atoms with E-state index in [0.717, 1.165) is 0 Å². The predicted molar refractivity (Wildman–Crippen MR) is 83.7 cm³/mol. The molecule has 0 atom stereocenters. The van der Waals surface area contributed by atoms with Crippen molar-refractivity contribution in [3.63, 3.8) is 0 Å². The smallest absolute Gasteiger partial charge is 0.242 e. The number of methoxy groups -OCH3 is 1. The SMILES string of the molecule is COCC(C)(C)NS(=O)(=O)c1ccc(C#CCN)cc1Cl. The summed E-state index contributed by atoms with van der Waals surface area (Å²) in [7, 11) is -2.24. The van der Waals surface area contributed by atoms with Gasteiger partial charge in [-0.2, -0.15) is 0 Å². The summed E-state index contributed by atoms with van der Waals surface area (Å²) in [5.41, 5.74) is 5.16. The Kier molecular flexibility index (Phi) is 6.20. The maximum atomic E-state index is 12.4. The Bertz CT molecular complexity index is 661. The molecule has 0 amide bonds. The topological polar surface area (TPSA) is 81.4 Å². The highest BCUT2D eigenvalue weighted by molar-refractivity contribution is 7.89. The van der Waals surface area contributed by atoms with Crippen LogP contribution in [0.2, 0.25) is 5.02 Å². The largest absolute Gasteiger partial charge is 0.383 e. The average Bonchev–Trinajstić information content (AvgIpc) is 2.34. The lowest BCUT2D eigenvalue weighted by Gasteiger charge is -2.25. The second-order valence-corrected chi connectivity index (χ2v) is 7.13. The van der Waals surface area contributed by atoms with Gasteiger partial charge in [0.15, 0.2) is 0 Å². The standard InChI is InChI=1S/C14H19ClN2O3S/c1-14(2,10-20-3)17-21(18,19)13-7-6-11(5-4-8-16)9-12(13)15/h6-7,9,17H,8,10,16H2,1-3H3. The summed E-state index contributed by atoms with van der Waals surface area (Å²) in [5.74, 6) is 5.48. The van der Waals surface area contributed by atoms with Gasteiger partial charge < -0.3 is 10.5 Å². The lowest BCUT2D eigenvalue weighted by Crippen LogP contribution is -2.46. The van der Waals surface area contributed by atoms with Crippen molar-refractivity contribution in [2.45, 2.75) is 24.3 Å². The van der Waals surface area contributed by atoms with E-state index in [1.54, 1.807) is 19.9 Å². The van der Waals surface area contributed by atoms with E-state index in [1.807, 2.05) is 0 Å². The number of nitrogens with two attached hydrogens (primary N) is 1. The molecule has 1 aromatic carbocycles. The molecule has 0 radical (unpaired) electrons. The first-order chi connectivity index (χ1) is 9.72. The maximum absolute atomic E-state index is 12.4. The van der Waals surface area contributed by atoms with Crippen molar-refractivity contribution in [3.05, 3.63) is 28.8 Å². The number of hydrogen-bond donors (Lipinski definition) is 2. The van der Waals surface area contributed by atoms with Crippen LogP contribution in [0.25, 0.3) is 0 Å². The first-order valence-electron chi connectivity index (χ1n) is 6.23. The van der Waals surface area contributed by atoms with E-state index in [4.69, 9.17) is 22.1 Å². The fourth-order valence-electron chi connectivity index (χ4n) is 1.76. The lowest BCUT2D eigenvalue weighted by atomic mass is 10.1. The van der Waals surface area contributed by atoms with Gasteiger partial charge in [-0.3, -0.25) is 0 Å². The Labute approximate surface area is 130 Å². The number of sulfonamides is 1. The summed E-state index contributed by atoms with van der Waals surface area (Å²) in [5, 5.41) is 0.111. The van der Waals surface area contributed by atoms with Crippen LogP contribution in [0.1, 0.15) is 19.4 Å². The van der Waals surface area contributed by atoms with Gasteiger partial charge in [0, 0.05) is 12.7 Å². The number of halogens is 1. The van der Waals surface area contributed by atoms with E-state index in [1.165, 1.54) is 19.2 Å². The molecule has 0 heterocycles. The summed E-state index contributed by atoms with van der Waals surface area (Å²) < 4.78 is 32.3. The van der Waals surface area contributed by atoms with Gasteiger partial charge in [0.1, 0.15) is 4.90 Å². The van der Waals surface area contributed by atoms with Crippen molar-refractivity contribution in [1.82, 2.24) is 4.72 Å². The molecule has 116 valence electrons. The first-order valence-corrected chi connectivity index (χ1v) is 8.09. The molecule has 0 unspecified atom stereocenters. The molecule has 0 saturated heterocycles. The number of benzene rings is 1. The fraction of sp³-hybridized carbons (Fsp3) is 0.429. The van der Waals surface area contributed by atoms with Crippen molar-refractivity contribution >= 4 is 21.6 Å². The van der Waals surface area contributed by atoms with Crippen LogP contribution >= 0.6 is 11.6 Å². The highest BCUT2D eigenvalue weighted by atomic mass is 35.5. The van der Waals surface area contributed by atoms with Crippen LogP contribution in [0.4, 0.5) is 0 Å². The third-order valence-corrected chi connectivity index (χ3v) is 4.65. The molecule has 1 rings (SSSR count).